The van der Waals surface area contributed by atoms with Crippen molar-refractivity contribution in [2.45, 2.75) is 13.0 Å². The number of hydrogen-bond acceptors (Lipinski definition) is 4. The molecule has 4 heteroatoms. The van der Waals surface area contributed by atoms with Crippen LogP contribution in [0, 0.1) is 0 Å². The molecule has 0 saturated heterocycles. The fourth-order valence-electron chi connectivity index (χ4n) is 0.112. The van der Waals surface area contributed by atoms with Gasteiger partial charge in [-0.1, -0.05) is 0 Å². The van der Waals surface area contributed by atoms with Gasteiger partial charge in [-0.15, -0.1) is 0 Å². The highest BCUT2D eigenvalue weighted by Crippen LogP contribution is 1.62. The zero-order valence-corrected chi connectivity index (χ0v) is 6.67. The van der Waals surface area contributed by atoms with Gasteiger partial charge in [-0.05, 0) is 14.0 Å². The highest BCUT2D eigenvalue weighted by atomic mass is 16.3. The van der Waals surface area contributed by atoms with Crippen LogP contribution in [0.25, 0.3) is 0 Å². The van der Waals surface area contributed by atoms with Gasteiger partial charge in [0.1, 0.15) is 0 Å². The van der Waals surface area contributed by atoms with Crippen LogP contribution in [0.1, 0.15) is 6.92 Å². The lowest BCUT2D eigenvalue weighted by Crippen LogP contribution is -2.18. The van der Waals surface area contributed by atoms with E-state index < -0.39 is 0 Å². The summed E-state index contributed by atoms with van der Waals surface area (Å²) in [7, 11) is 1.80. The number of aliphatic hydroxyl groups excluding tert-OH is 2. The predicted molar refractivity (Wildman–Crippen MR) is 41.7 cm³/mol. The summed E-state index contributed by atoms with van der Waals surface area (Å²) in [5.74, 6) is 0. The normalized spacial score (nSPS) is 11.7. The van der Waals surface area contributed by atoms with Crippen LogP contribution in [0.3, 0.4) is 0 Å². The van der Waals surface area contributed by atoms with E-state index in [0.29, 0.717) is 6.54 Å². The second-order valence-electron chi connectivity index (χ2n) is 1.99. The molecule has 0 saturated carbocycles. The topological polar surface area (TPSA) is 78.5 Å². The molecular formula is C6H18N2O2. The molecule has 5 N–H and O–H groups in total. The summed E-state index contributed by atoms with van der Waals surface area (Å²) in [4.78, 5) is 0. The highest BCUT2D eigenvalue weighted by molar-refractivity contribution is 4.43. The van der Waals surface area contributed by atoms with E-state index in [1.54, 1.807) is 14.0 Å². The van der Waals surface area contributed by atoms with E-state index in [2.05, 4.69) is 5.32 Å². The second-order valence-corrected chi connectivity index (χ2v) is 1.99. The maximum Gasteiger partial charge on any atom is 0.0579 e. The molecule has 0 aliphatic rings. The fourth-order valence-corrected chi connectivity index (χ4v) is 0.112. The quantitative estimate of drug-likeness (QED) is 0.396. The minimum absolute atomic E-state index is 0.0602. The molecule has 64 valence electrons. The summed E-state index contributed by atoms with van der Waals surface area (Å²) < 4.78 is 0. The number of nitrogens with one attached hydrogen (secondary N) is 1. The Labute approximate surface area is 62.0 Å². The summed E-state index contributed by atoms with van der Waals surface area (Å²) in [6.07, 6.45) is 0. The first-order valence-corrected chi connectivity index (χ1v) is 3.30. The van der Waals surface area contributed by atoms with E-state index in [1.165, 1.54) is 0 Å². The maximum atomic E-state index is 8.02. The van der Waals surface area contributed by atoms with Crippen molar-refractivity contribution < 1.29 is 10.2 Å². The smallest absolute Gasteiger partial charge is 0.0579 e. The van der Waals surface area contributed by atoms with Crippen molar-refractivity contribution in [3.63, 3.8) is 0 Å². The van der Waals surface area contributed by atoms with Crippen molar-refractivity contribution in [1.82, 2.24) is 5.32 Å². The van der Waals surface area contributed by atoms with Crippen molar-refractivity contribution in [2.75, 3.05) is 26.8 Å². The Morgan fingerprint density at radius 1 is 1.50 bits per heavy atom. The van der Waals surface area contributed by atoms with E-state index in [4.69, 9.17) is 15.9 Å². The minimum Gasteiger partial charge on any atom is -0.395 e. The molecular weight excluding hydrogens is 132 g/mol. The first-order chi connectivity index (χ1) is 4.68. The predicted octanol–water partition coefficient (Wildman–Crippen LogP) is -1.48. The van der Waals surface area contributed by atoms with Crippen LogP contribution in [0.5, 0.6) is 0 Å². The molecule has 0 aromatic rings. The number of nitrogens with two attached hydrogens (primary N) is 1. The fraction of sp³-hybridized carbons (Fsp3) is 1.00. The van der Waals surface area contributed by atoms with Gasteiger partial charge in [0.05, 0.1) is 13.2 Å². The SMILES string of the molecule is CC(N)CO.CNCCO. The molecule has 1 atom stereocenters. The first kappa shape index (κ1) is 12.5. The summed E-state index contributed by atoms with van der Waals surface area (Å²) in [6, 6.07) is -0.0602. The molecule has 0 spiro atoms. The van der Waals surface area contributed by atoms with Crippen molar-refractivity contribution in [2.24, 2.45) is 5.73 Å². The Bertz CT molecular complexity index is 49.0. The monoisotopic (exact) mass is 150 g/mol. The Morgan fingerprint density at radius 3 is 1.90 bits per heavy atom. The van der Waals surface area contributed by atoms with Crippen molar-refractivity contribution in [3.05, 3.63) is 0 Å². The summed E-state index contributed by atoms with van der Waals surface area (Å²) in [5.41, 5.74) is 5.04. The second kappa shape index (κ2) is 11.6. The van der Waals surface area contributed by atoms with Crippen LogP contribution in [0.15, 0.2) is 0 Å². The Morgan fingerprint density at radius 2 is 1.90 bits per heavy atom. The average molecular weight is 150 g/mol. The number of rotatable bonds is 3. The Hall–Kier alpha value is -0.160. The summed E-state index contributed by atoms with van der Waals surface area (Å²) >= 11 is 0. The van der Waals surface area contributed by atoms with Crippen LogP contribution in [-0.4, -0.2) is 43.1 Å². The highest BCUT2D eigenvalue weighted by Gasteiger charge is 1.81. The van der Waals surface area contributed by atoms with Gasteiger partial charge in [-0.3, -0.25) is 0 Å². The van der Waals surface area contributed by atoms with Gasteiger partial charge in [-0.2, -0.15) is 0 Å². The number of aliphatic hydroxyl groups is 2. The molecule has 0 aromatic carbocycles. The molecule has 0 amide bonds. The molecule has 1 unspecified atom stereocenters. The van der Waals surface area contributed by atoms with E-state index in [-0.39, 0.29) is 19.3 Å². The summed E-state index contributed by atoms with van der Waals surface area (Å²) in [5, 5.41) is 18.8. The Kier molecular flexibility index (Phi) is 14.5. The van der Waals surface area contributed by atoms with Gasteiger partial charge in [0.15, 0.2) is 0 Å². The molecule has 0 heterocycles. The van der Waals surface area contributed by atoms with Crippen LogP contribution in [0.2, 0.25) is 0 Å². The largest absolute Gasteiger partial charge is 0.395 e. The van der Waals surface area contributed by atoms with E-state index in [1.807, 2.05) is 0 Å². The Balaban J connectivity index is 0. The van der Waals surface area contributed by atoms with Gasteiger partial charge in [0.2, 0.25) is 0 Å². The lowest BCUT2D eigenvalue weighted by molar-refractivity contribution is 0.273. The standard InChI is InChI=1S/2C3H9NO/c1-4-2-3-5;1-3(4)2-5/h4-5H,2-3H2,1H3;3,5H,2,4H2,1H3. The molecule has 0 bridgehead atoms. The van der Waals surface area contributed by atoms with Crippen molar-refractivity contribution >= 4 is 0 Å². The molecule has 0 aromatic heterocycles. The van der Waals surface area contributed by atoms with Crippen LogP contribution in [-0.2, 0) is 0 Å². The lowest BCUT2D eigenvalue weighted by Gasteiger charge is -1.91. The molecule has 0 radical (unpaired) electrons. The molecule has 0 fully saturated rings. The van der Waals surface area contributed by atoms with Gasteiger partial charge in [0.25, 0.3) is 0 Å². The first-order valence-electron chi connectivity index (χ1n) is 3.30. The average Bonchev–Trinajstić information content (AvgIpc) is 1.91. The lowest BCUT2D eigenvalue weighted by atomic mass is 10.4. The molecule has 10 heavy (non-hydrogen) atoms. The van der Waals surface area contributed by atoms with Gasteiger partial charge >= 0.3 is 0 Å². The van der Waals surface area contributed by atoms with Gasteiger partial charge < -0.3 is 21.3 Å². The molecule has 4 nitrogen and oxygen atoms in total. The molecule has 0 aliphatic heterocycles. The number of hydrogen-bond donors (Lipinski definition) is 4. The third-order valence-electron chi connectivity index (χ3n) is 0.650. The van der Waals surface area contributed by atoms with Crippen LogP contribution in [0.4, 0.5) is 0 Å². The van der Waals surface area contributed by atoms with Gasteiger partial charge in [0, 0.05) is 12.6 Å². The number of likely N-dealkylation sites (N-methyl/N-ethyl adjacent to an activating group) is 1. The van der Waals surface area contributed by atoms with Crippen LogP contribution >= 0.6 is 0 Å². The van der Waals surface area contributed by atoms with E-state index >= 15 is 0 Å². The van der Waals surface area contributed by atoms with Crippen LogP contribution < -0.4 is 11.1 Å². The third kappa shape index (κ3) is 24.9. The molecule has 0 aliphatic carbocycles. The zero-order valence-electron chi connectivity index (χ0n) is 6.67. The van der Waals surface area contributed by atoms with Crippen molar-refractivity contribution in [1.29, 1.82) is 0 Å². The maximum absolute atomic E-state index is 8.02. The van der Waals surface area contributed by atoms with E-state index in [9.17, 15) is 0 Å². The summed E-state index contributed by atoms with van der Waals surface area (Å²) in [6.45, 7) is 2.76. The minimum atomic E-state index is -0.0602. The molecule has 0 rings (SSSR count). The van der Waals surface area contributed by atoms with E-state index in [0.717, 1.165) is 0 Å². The van der Waals surface area contributed by atoms with Crippen molar-refractivity contribution in [3.8, 4) is 0 Å². The third-order valence-corrected chi connectivity index (χ3v) is 0.650. The zero-order chi connectivity index (χ0) is 8.41. The van der Waals surface area contributed by atoms with Gasteiger partial charge in [-0.25, -0.2) is 0 Å².